The lowest BCUT2D eigenvalue weighted by Gasteiger charge is -2.12. The van der Waals surface area contributed by atoms with E-state index in [0.717, 1.165) is 16.6 Å². The highest BCUT2D eigenvalue weighted by molar-refractivity contribution is 9.10. The average molecular weight is 331 g/mol. The van der Waals surface area contributed by atoms with E-state index in [0.29, 0.717) is 17.1 Å². The molecule has 0 atom stereocenters. The molecule has 0 aliphatic carbocycles. The molecule has 3 N–H and O–H groups in total. The van der Waals surface area contributed by atoms with Crippen molar-refractivity contribution in [3.05, 3.63) is 52.5 Å². The summed E-state index contributed by atoms with van der Waals surface area (Å²) in [4.78, 5) is 0. The summed E-state index contributed by atoms with van der Waals surface area (Å²) in [5, 5.41) is 2.87. The monoisotopic (exact) mass is 330 g/mol. The summed E-state index contributed by atoms with van der Waals surface area (Å²) in [5.74, 6) is 0. The van der Waals surface area contributed by atoms with E-state index in [1.807, 2.05) is 0 Å². The number of benzene rings is 2. The van der Waals surface area contributed by atoms with Crippen LogP contribution in [-0.4, -0.2) is 0 Å². The van der Waals surface area contributed by atoms with Crippen LogP contribution in [0.4, 0.5) is 30.2 Å². The largest absolute Gasteiger partial charge is 0.416 e. The topological polar surface area (TPSA) is 38.0 Å². The number of nitrogens with one attached hydrogen (secondary N) is 1. The number of nitrogen functional groups attached to an aromatic ring is 1. The van der Waals surface area contributed by atoms with E-state index in [1.165, 1.54) is 6.07 Å². The van der Waals surface area contributed by atoms with Crippen molar-refractivity contribution in [1.29, 1.82) is 0 Å². The van der Waals surface area contributed by atoms with Crippen LogP contribution in [0.1, 0.15) is 5.56 Å². The maximum atomic E-state index is 12.6. The predicted octanol–water partition coefficient (Wildman–Crippen LogP) is 4.79. The first-order valence-corrected chi connectivity index (χ1v) is 6.15. The second kappa shape index (κ2) is 5.13. The molecule has 19 heavy (non-hydrogen) atoms. The molecule has 0 unspecified atom stereocenters. The second-order valence-electron chi connectivity index (χ2n) is 3.94. The molecule has 0 aliphatic rings. The van der Waals surface area contributed by atoms with Gasteiger partial charge in [-0.25, -0.2) is 0 Å². The molecule has 6 heteroatoms. The van der Waals surface area contributed by atoms with Crippen molar-refractivity contribution in [3.63, 3.8) is 0 Å². The highest BCUT2D eigenvalue weighted by Gasteiger charge is 2.30. The molecule has 2 aromatic carbocycles. The summed E-state index contributed by atoms with van der Waals surface area (Å²) in [6.45, 7) is 0. The third kappa shape index (κ3) is 3.41. The smallest absolute Gasteiger partial charge is 0.397 e. The third-order valence-corrected chi connectivity index (χ3v) is 2.98. The van der Waals surface area contributed by atoms with Crippen molar-refractivity contribution in [2.45, 2.75) is 6.18 Å². The summed E-state index contributed by atoms with van der Waals surface area (Å²) in [7, 11) is 0. The molecule has 2 nitrogen and oxygen atoms in total. The summed E-state index contributed by atoms with van der Waals surface area (Å²) in [6, 6.07) is 10.1. The van der Waals surface area contributed by atoms with Crippen LogP contribution in [0.2, 0.25) is 0 Å². The minimum atomic E-state index is -4.36. The zero-order valence-electron chi connectivity index (χ0n) is 9.63. The van der Waals surface area contributed by atoms with Crippen molar-refractivity contribution >= 4 is 33.0 Å². The molecule has 0 radical (unpaired) electrons. The molecule has 2 rings (SSSR count). The fraction of sp³-hybridized carbons (Fsp3) is 0.0769. The Morgan fingerprint density at radius 3 is 2.42 bits per heavy atom. The fourth-order valence-electron chi connectivity index (χ4n) is 1.58. The predicted molar refractivity (Wildman–Crippen MR) is 73.3 cm³/mol. The first-order chi connectivity index (χ1) is 8.86. The van der Waals surface area contributed by atoms with E-state index in [9.17, 15) is 13.2 Å². The normalized spacial score (nSPS) is 11.4. The molecule has 0 saturated heterocycles. The number of hydrogen-bond donors (Lipinski definition) is 2. The van der Waals surface area contributed by atoms with Crippen LogP contribution in [0.15, 0.2) is 46.9 Å². The Kier molecular flexibility index (Phi) is 3.71. The van der Waals surface area contributed by atoms with Gasteiger partial charge < -0.3 is 11.1 Å². The first-order valence-electron chi connectivity index (χ1n) is 5.35. The van der Waals surface area contributed by atoms with E-state index in [-0.39, 0.29) is 0 Å². The van der Waals surface area contributed by atoms with E-state index in [2.05, 4.69) is 21.2 Å². The SMILES string of the molecule is Nc1cc(Br)ccc1Nc1cccc(C(F)(F)F)c1. The zero-order valence-corrected chi connectivity index (χ0v) is 11.2. The van der Waals surface area contributed by atoms with Crippen molar-refractivity contribution in [1.82, 2.24) is 0 Å². The molecular formula is C13H10BrF3N2. The quantitative estimate of drug-likeness (QED) is 0.776. The summed E-state index contributed by atoms with van der Waals surface area (Å²) in [5.41, 5.74) is 6.42. The number of anilines is 3. The Morgan fingerprint density at radius 1 is 1.05 bits per heavy atom. The molecule has 0 aromatic heterocycles. The molecule has 0 aliphatic heterocycles. The van der Waals surface area contributed by atoms with Gasteiger partial charge in [0.1, 0.15) is 0 Å². The van der Waals surface area contributed by atoms with Crippen molar-refractivity contribution in [2.24, 2.45) is 0 Å². The molecular weight excluding hydrogens is 321 g/mol. The van der Waals surface area contributed by atoms with Crippen LogP contribution in [0.5, 0.6) is 0 Å². The van der Waals surface area contributed by atoms with Gasteiger partial charge in [-0.05, 0) is 36.4 Å². The highest BCUT2D eigenvalue weighted by Crippen LogP contribution is 2.32. The van der Waals surface area contributed by atoms with Gasteiger partial charge in [-0.2, -0.15) is 13.2 Å². The van der Waals surface area contributed by atoms with Gasteiger partial charge in [-0.3, -0.25) is 0 Å². The minimum absolute atomic E-state index is 0.337. The number of rotatable bonds is 2. The van der Waals surface area contributed by atoms with Crippen LogP contribution < -0.4 is 11.1 Å². The van der Waals surface area contributed by atoms with Crippen LogP contribution in [0.25, 0.3) is 0 Å². The Labute approximate surface area is 116 Å². The van der Waals surface area contributed by atoms with Gasteiger partial charge in [0.15, 0.2) is 0 Å². The molecule has 0 spiro atoms. The number of alkyl halides is 3. The van der Waals surface area contributed by atoms with Gasteiger partial charge in [0, 0.05) is 10.2 Å². The van der Waals surface area contributed by atoms with Gasteiger partial charge in [0.05, 0.1) is 16.9 Å². The lowest BCUT2D eigenvalue weighted by Crippen LogP contribution is -2.05. The minimum Gasteiger partial charge on any atom is -0.397 e. The van der Waals surface area contributed by atoms with Gasteiger partial charge in [0.25, 0.3) is 0 Å². The molecule has 0 heterocycles. The summed E-state index contributed by atoms with van der Waals surface area (Å²) < 4.78 is 38.5. The number of nitrogens with two attached hydrogens (primary N) is 1. The molecule has 0 saturated carbocycles. The third-order valence-electron chi connectivity index (χ3n) is 2.48. The van der Waals surface area contributed by atoms with Crippen molar-refractivity contribution < 1.29 is 13.2 Å². The van der Waals surface area contributed by atoms with Crippen molar-refractivity contribution in [3.8, 4) is 0 Å². The number of halogens is 4. The molecule has 2 aromatic rings. The van der Waals surface area contributed by atoms with Gasteiger partial charge in [-0.15, -0.1) is 0 Å². The van der Waals surface area contributed by atoms with Gasteiger partial charge in [0.2, 0.25) is 0 Å². The standard InChI is InChI=1S/C13H10BrF3N2/c14-9-4-5-12(11(18)7-9)19-10-3-1-2-8(6-10)13(15,16)17/h1-7,19H,18H2. The van der Waals surface area contributed by atoms with Crippen LogP contribution in [0.3, 0.4) is 0 Å². The Balaban J connectivity index is 2.29. The Morgan fingerprint density at radius 2 is 1.79 bits per heavy atom. The molecule has 100 valence electrons. The maximum Gasteiger partial charge on any atom is 0.416 e. The highest BCUT2D eigenvalue weighted by atomic mass is 79.9. The molecule has 0 fully saturated rings. The van der Waals surface area contributed by atoms with Gasteiger partial charge in [-0.1, -0.05) is 22.0 Å². The first kappa shape index (κ1) is 13.7. The lowest BCUT2D eigenvalue weighted by molar-refractivity contribution is -0.137. The average Bonchev–Trinajstić information content (AvgIpc) is 2.32. The fourth-order valence-corrected chi connectivity index (χ4v) is 1.95. The van der Waals surface area contributed by atoms with E-state index < -0.39 is 11.7 Å². The molecule has 0 bridgehead atoms. The molecule has 0 amide bonds. The van der Waals surface area contributed by atoms with E-state index in [4.69, 9.17) is 5.73 Å². The van der Waals surface area contributed by atoms with Crippen LogP contribution in [0, 0.1) is 0 Å². The lowest BCUT2D eigenvalue weighted by atomic mass is 10.2. The number of hydrogen-bond acceptors (Lipinski definition) is 2. The maximum absolute atomic E-state index is 12.6. The van der Waals surface area contributed by atoms with Crippen LogP contribution >= 0.6 is 15.9 Å². The van der Waals surface area contributed by atoms with Crippen LogP contribution in [-0.2, 0) is 6.18 Å². The summed E-state index contributed by atoms with van der Waals surface area (Å²) >= 11 is 3.26. The van der Waals surface area contributed by atoms with E-state index >= 15 is 0 Å². The Bertz CT molecular complexity index is 597. The van der Waals surface area contributed by atoms with Crippen molar-refractivity contribution in [2.75, 3.05) is 11.1 Å². The van der Waals surface area contributed by atoms with Gasteiger partial charge >= 0.3 is 6.18 Å². The zero-order chi connectivity index (χ0) is 14.0. The van der Waals surface area contributed by atoms with E-state index in [1.54, 1.807) is 24.3 Å². The Hall–Kier alpha value is -1.69. The summed E-state index contributed by atoms with van der Waals surface area (Å²) in [6.07, 6.45) is -4.36. The second-order valence-corrected chi connectivity index (χ2v) is 4.85.